The lowest BCUT2D eigenvalue weighted by molar-refractivity contribution is -0.132. The summed E-state index contributed by atoms with van der Waals surface area (Å²) >= 11 is 0. The summed E-state index contributed by atoms with van der Waals surface area (Å²) in [6, 6.07) is 0. The Morgan fingerprint density at radius 2 is 1.86 bits per heavy atom. The maximum Gasteiger partial charge on any atom is 0.0903 e. The summed E-state index contributed by atoms with van der Waals surface area (Å²) in [6.45, 7) is 4.89. The van der Waals surface area contributed by atoms with Crippen LogP contribution in [0.3, 0.4) is 0 Å². The molecule has 2 rings (SSSR count). The first kappa shape index (κ1) is 10.4. The summed E-state index contributed by atoms with van der Waals surface area (Å²) < 4.78 is 5.38. The van der Waals surface area contributed by atoms with Gasteiger partial charge in [0.05, 0.1) is 11.2 Å². The average molecular weight is 199 g/mol. The molecule has 1 aliphatic carbocycles. The molecule has 3 nitrogen and oxygen atoms in total. The van der Waals surface area contributed by atoms with Gasteiger partial charge < -0.3 is 9.84 Å². The molecule has 3 heteroatoms. The Morgan fingerprint density at radius 1 is 1.29 bits per heavy atom. The van der Waals surface area contributed by atoms with Crippen LogP contribution < -0.4 is 0 Å². The van der Waals surface area contributed by atoms with Crippen LogP contribution in [0.5, 0.6) is 0 Å². The maximum absolute atomic E-state index is 10.2. The molecule has 14 heavy (non-hydrogen) atoms. The van der Waals surface area contributed by atoms with Crippen LogP contribution in [-0.4, -0.2) is 48.0 Å². The van der Waals surface area contributed by atoms with Crippen LogP contribution in [0.2, 0.25) is 0 Å². The molecule has 0 radical (unpaired) electrons. The number of likely N-dealkylation sites (tertiary alicyclic amines) is 1. The molecular weight excluding hydrogens is 178 g/mol. The average Bonchev–Trinajstić information content (AvgIpc) is 2.49. The molecule has 2 fully saturated rings. The van der Waals surface area contributed by atoms with E-state index in [1.54, 1.807) is 7.11 Å². The van der Waals surface area contributed by atoms with Gasteiger partial charge in [-0.2, -0.15) is 0 Å². The van der Waals surface area contributed by atoms with Gasteiger partial charge in [-0.1, -0.05) is 12.8 Å². The molecular formula is C11H21NO2. The zero-order valence-corrected chi connectivity index (χ0v) is 9.25. The van der Waals surface area contributed by atoms with Crippen molar-refractivity contribution in [2.45, 2.75) is 43.8 Å². The third-order valence-corrected chi connectivity index (χ3v) is 3.66. The quantitative estimate of drug-likeness (QED) is 0.736. The van der Waals surface area contributed by atoms with Crippen LogP contribution in [0.25, 0.3) is 0 Å². The highest BCUT2D eigenvalue weighted by molar-refractivity contribution is 4.97. The third kappa shape index (κ3) is 1.95. The molecule has 0 atom stereocenters. The van der Waals surface area contributed by atoms with Crippen LogP contribution in [-0.2, 0) is 4.74 Å². The van der Waals surface area contributed by atoms with E-state index in [0.29, 0.717) is 0 Å². The molecule has 0 amide bonds. The largest absolute Gasteiger partial charge is 0.389 e. The molecule has 0 aromatic carbocycles. The van der Waals surface area contributed by atoms with Crippen molar-refractivity contribution in [3.8, 4) is 0 Å². The van der Waals surface area contributed by atoms with Crippen LogP contribution in [0.1, 0.15) is 32.6 Å². The molecule has 0 aromatic rings. The lowest BCUT2D eigenvalue weighted by Crippen LogP contribution is -2.63. The van der Waals surface area contributed by atoms with E-state index in [1.165, 1.54) is 12.8 Å². The summed E-state index contributed by atoms with van der Waals surface area (Å²) in [6.07, 6.45) is 4.33. The molecule has 1 N–H and O–H groups in total. The van der Waals surface area contributed by atoms with Crippen LogP contribution in [0, 0.1) is 0 Å². The summed E-state index contributed by atoms with van der Waals surface area (Å²) in [7, 11) is 1.77. The monoisotopic (exact) mass is 199 g/mol. The van der Waals surface area contributed by atoms with E-state index in [0.717, 1.165) is 32.5 Å². The Bertz CT molecular complexity index is 205. The molecule has 0 spiro atoms. The second-order valence-electron chi connectivity index (χ2n) is 5.23. The predicted octanol–water partition coefficient (Wildman–Crippen LogP) is 1.01. The highest BCUT2D eigenvalue weighted by Gasteiger charge is 2.43. The normalized spacial score (nSPS) is 30.2. The second kappa shape index (κ2) is 3.47. The first-order chi connectivity index (χ1) is 6.55. The van der Waals surface area contributed by atoms with Crippen molar-refractivity contribution >= 4 is 0 Å². The number of hydrogen-bond donors (Lipinski definition) is 1. The fourth-order valence-electron chi connectivity index (χ4n) is 2.75. The SMILES string of the molecule is COC1(C)CN(CC2(O)CCCC2)C1. The molecule has 1 saturated carbocycles. The van der Waals surface area contributed by atoms with Gasteiger partial charge in [-0.25, -0.2) is 0 Å². The standard InChI is InChI=1S/C11H21NO2/c1-10(14-2)7-12(8-10)9-11(13)5-3-4-6-11/h13H,3-9H2,1-2H3. The van der Waals surface area contributed by atoms with E-state index in [4.69, 9.17) is 4.74 Å². The minimum absolute atomic E-state index is 0.0367. The van der Waals surface area contributed by atoms with Gasteiger partial charge in [0.1, 0.15) is 0 Å². The van der Waals surface area contributed by atoms with Crippen molar-refractivity contribution in [3.05, 3.63) is 0 Å². The van der Waals surface area contributed by atoms with Gasteiger partial charge in [0, 0.05) is 26.7 Å². The molecule has 1 heterocycles. The molecule has 2 aliphatic rings. The zero-order chi connectivity index (χ0) is 10.2. The molecule has 1 saturated heterocycles. The van der Waals surface area contributed by atoms with E-state index in [2.05, 4.69) is 11.8 Å². The van der Waals surface area contributed by atoms with E-state index in [-0.39, 0.29) is 5.60 Å². The number of ether oxygens (including phenoxy) is 1. The summed E-state index contributed by atoms with van der Waals surface area (Å²) in [4.78, 5) is 2.30. The van der Waals surface area contributed by atoms with Crippen molar-refractivity contribution in [3.63, 3.8) is 0 Å². The van der Waals surface area contributed by atoms with Gasteiger partial charge in [0.15, 0.2) is 0 Å². The topological polar surface area (TPSA) is 32.7 Å². The Balaban J connectivity index is 1.78. The fourth-order valence-corrected chi connectivity index (χ4v) is 2.75. The van der Waals surface area contributed by atoms with E-state index in [1.807, 2.05) is 0 Å². The zero-order valence-electron chi connectivity index (χ0n) is 9.25. The third-order valence-electron chi connectivity index (χ3n) is 3.66. The minimum atomic E-state index is -0.394. The van der Waals surface area contributed by atoms with Crippen LogP contribution in [0.4, 0.5) is 0 Å². The van der Waals surface area contributed by atoms with Crippen molar-refractivity contribution in [1.29, 1.82) is 0 Å². The van der Waals surface area contributed by atoms with Gasteiger partial charge in [0.2, 0.25) is 0 Å². The maximum atomic E-state index is 10.2. The van der Waals surface area contributed by atoms with E-state index < -0.39 is 5.60 Å². The lowest BCUT2D eigenvalue weighted by atomic mass is 9.92. The first-order valence-electron chi connectivity index (χ1n) is 5.55. The van der Waals surface area contributed by atoms with Gasteiger partial charge >= 0.3 is 0 Å². The van der Waals surface area contributed by atoms with Crippen molar-refractivity contribution < 1.29 is 9.84 Å². The molecule has 0 bridgehead atoms. The summed E-state index contributed by atoms with van der Waals surface area (Å²) in [5.41, 5.74) is -0.357. The van der Waals surface area contributed by atoms with E-state index in [9.17, 15) is 5.11 Å². The number of hydrogen-bond acceptors (Lipinski definition) is 3. The molecule has 1 aliphatic heterocycles. The highest BCUT2D eigenvalue weighted by atomic mass is 16.5. The Hall–Kier alpha value is -0.120. The van der Waals surface area contributed by atoms with Gasteiger partial charge in [0.25, 0.3) is 0 Å². The predicted molar refractivity (Wildman–Crippen MR) is 55.3 cm³/mol. The Morgan fingerprint density at radius 3 is 2.36 bits per heavy atom. The van der Waals surface area contributed by atoms with Gasteiger partial charge in [-0.05, 0) is 19.8 Å². The van der Waals surface area contributed by atoms with E-state index >= 15 is 0 Å². The number of methoxy groups -OCH3 is 1. The van der Waals surface area contributed by atoms with Crippen molar-refractivity contribution in [1.82, 2.24) is 4.90 Å². The van der Waals surface area contributed by atoms with Crippen molar-refractivity contribution in [2.24, 2.45) is 0 Å². The smallest absolute Gasteiger partial charge is 0.0903 e. The number of rotatable bonds is 3. The Kier molecular flexibility index (Phi) is 2.58. The van der Waals surface area contributed by atoms with Gasteiger partial charge in [-0.3, -0.25) is 4.90 Å². The number of nitrogens with zero attached hydrogens (tertiary/aromatic N) is 1. The summed E-state index contributed by atoms with van der Waals surface area (Å²) in [5.74, 6) is 0. The lowest BCUT2D eigenvalue weighted by Gasteiger charge is -2.49. The second-order valence-corrected chi connectivity index (χ2v) is 5.23. The minimum Gasteiger partial charge on any atom is -0.389 e. The Labute approximate surface area is 86.0 Å². The van der Waals surface area contributed by atoms with Crippen LogP contribution in [0.15, 0.2) is 0 Å². The van der Waals surface area contributed by atoms with Crippen molar-refractivity contribution in [2.75, 3.05) is 26.7 Å². The number of aliphatic hydroxyl groups is 1. The first-order valence-corrected chi connectivity index (χ1v) is 5.55. The molecule has 82 valence electrons. The molecule has 0 aromatic heterocycles. The highest BCUT2D eigenvalue weighted by Crippen LogP contribution is 2.33. The van der Waals surface area contributed by atoms with Crippen LogP contribution >= 0.6 is 0 Å². The number of β-amino-alcohol motifs (C(OH)–C–C–N with tert-alkyl or cyclic N) is 1. The van der Waals surface area contributed by atoms with Gasteiger partial charge in [-0.15, -0.1) is 0 Å². The molecule has 0 unspecified atom stereocenters. The fraction of sp³-hybridized carbons (Fsp3) is 1.00. The summed E-state index contributed by atoms with van der Waals surface area (Å²) in [5, 5.41) is 10.2.